The second-order valence-corrected chi connectivity index (χ2v) is 5.54. The van der Waals surface area contributed by atoms with E-state index in [9.17, 15) is 5.26 Å². The highest BCUT2D eigenvalue weighted by atomic mass is 15.2. The van der Waals surface area contributed by atoms with E-state index in [0.29, 0.717) is 11.3 Å². The van der Waals surface area contributed by atoms with E-state index in [0.717, 1.165) is 23.0 Å². The molecule has 0 atom stereocenters. The van der Waals surface area contributed by atoms with E-state index in [1.807, 2.05) is 30.3 Å². The monoisotopic (exact) mass is 314 g/mol. The van der Waals surface area contributed by atoms with Crippen molar-refractivity contribution in [3.05, 3.63) is 66.1 Å². The van der Waals surface area contributed by atoms with Crippen LogP contribution in [0.3, 0.4) is 0 Å². The molecule has 3 heterocycles. The SMILES string of the molecule is N#Cc1c(N)n[nH]c1-c1ccc2ccn(Cc3ccncc3)c2c1. The molecule has 0 fully saturated rings. The lowest BCUT2D eigenvalue weighted by molar-refractivity contribution is 0.835. The van der Waals surface area contributed by atoms with Crippen molar-refractivity contribution in [3.63, 3.8) is 0 Å². The third-order valence-corrected chi connectivity index (χ3v) is 4.07. The number of nitrogens with one attached hydrogen (secondary N) is 1. The average Bonchev–Trinajstić information content (AvgIpc) is 3.19. The molecule has 0 bridgehead atoms. The van der Waals surface area contributed by atoms with Crippen molar-refractivity contribution in [1.29, 1.82) is 5.26 Å². The van der Waals surface area contributed by atoms with Crippen molar-refractivity contribution in [2.75, 3.05) is 5.73 Å². The van der Waals surface area contributed by atoms with Crippen molar-refractivity contribution in [2.45, 2.75) is 6.54 Å². The molecule has 3 N–H and O–H groups in total. The first-order valence-corrected chi connectivity index (χ1v) is 7.48. The van der Waals surface area contributed by atoms with E-state index in [4.69, 9.17) is 5.73 Å². The van der Waals surface area contributed by atoms with Gasteiger partial charge in [0.25, 0.3) is 0 Å². The van der Waals surface area contributed by atoms with Crippen LogP contribution in [0.25, 0.3) is 22.2 Å². The number of nitrogens with zero attached hydrogens (tertiary/aromatic N) is 4. The number of fused-ring (bicyclic) bond motifs is 1. The molecule has 6 nitrogen and oxygen atoms in total. The van der Waals surface area contributed by atoms with Crippen molar-refractivity contribution >= 4 is 16.7 Å². The van der Waals surface area contributed by atoms with Gasteiger partial charge in [0.1, 0.15) is 11.6 Å². The number of pyridine rings is 1. The largest absolute Gasteiger partial charge is 0.381 e. The minimum absolute atomic E-state index is 0.222. The number of hydrogen-bond acceptors (Lipinski definition) is 4. The molecule has 4 rings (SSSR count). The van der Waals surface area contributed by atoms with E-state index in [2.05, 4.69) is 38.1 Å². The molecule has 0 saturated heterocycles. The number of nitriles is 1. The molecule has 0 radical (unpaired) electrons. The smallest absolute Gasteiger partial charge is 0.163 e. The Kier molecular flexibility index (Phi) is 3.25. The second kappa shape index (κ2) is 5.56. The zero-order chi connectivity index (χ0) is 16.5. The lowest BCUT2D eigenvalue weighted by Gasteiger charge is -2.07. The molecule has 1 aromatic carbocycles. The summed E-state index contributed by atoms with van der Waals surface area (Å²) < 4.78 is 2.17. The Labute approximate surface area is 138 Å². The molecule has 24 heavy (non-hydrogen) atoms. The third kappa shape index (κ3) is 2.29. The molecule has 0 aliphatic heterocycles. The Bertz CT molecular complexity index is 1050. The standard InChI is InChI=1S/C18H14N6/c19-10-15-17(22-23-18(15)20)14-2-1-13-5-8-24(16(13)9-14)11-12-3-6-21-7-4-12/h1-9H,11H2,(H3,20,22,23). The number of rotatable bonds is 3. The van der Waals surface area contributed by atoms with Gasteiger partial charge in [0, 0.05) is 36.2 Å². The number of H-pyrrole nitrogens is 1. The fourth-order valence-electron chi connectivity index (χ4n) is 2.84. The molecule has 0 spiro atoms. The normalized spacial score (nSPS) is 10.8. The van der Waals surface area contributed by atoms with Crippen molar-refractivity contribution < 1.29 is 0 Å². The van der Waals surface area contributed by atoms with Crippen LogP contribution in [0.15, 0.2) is 55.0 Å². The summed E-state index contributed by atoms with van der Waals surface area (Å²) in [5, 5.41) is 17.2. The maximum Gasteiger partial charge on any atom is 0.163 e. The predicted molar refractivity (Wildman–Crippen MR) is 92.0 cm³/mol. The first-order chi connectivity index (χ1) is 11.8. The van der Waals surface area contributed by atoms with Gasteiger partial charge in [0.05, 0.1) is 5.69 Å². The van der Waals surface area contributed by atoms with Gasteiger partial charge in [-0.05, 0) is 35.2 Å². The fraction of sp³-hybridized carbons (Fsp3) is 0.0556. The highest BCUT2D eigenvalue weighted by molar-refractivity contribution is 5.86. The van der Waals surface area contributed by atoms with Gasteiger partial charge in [-0.1, -0.05) is 12.1 Å². The molecule has 0 saturated carbocycles. The van der Waals surface area contributed by atoms with E-state index in [-0.39, 0.29) is 5.82 Å². The Morgan fingerprint density at radius 3 is 2.79 bits per heavy atom. The van der Waals surface area contributed by atoms with Crippen LogP contribution in [0.2, 0.25) is 0 Å². The van der Waals surface area contributed by atoms with Gasteiger partial charge in [0.15, 0.2) is 5.82 Å². The highest BCUT2D eigenvalue weighted by Gasteiger charge is 2.13. The van der Waals surface area contributed by atoms with Crippen LogP contribution < -0.4 is 5.73 Å². The first kappa shape index (κ1) is 14.0. The van der Waals surface area contributed by atoms with Crippen LogP contribution in [-0.4, -0.2) is 19.7 Å². The van der Waals surface area contributed by atoms with E-state index < -0.39 is 0 Å². The van der Waals surface area contributed by atoms with Gasteiger partial charge in [-0.3, -0.25) is 10.1 Å². The quantitative estimate of drug-likeness (QED) is 0.607. The van der Waals surface area contributed by atoms with Crippen molar-refractivity contribution in [1.82, 2.24) is 19.7 Å². The lowest BCUT2D eigenvalue weighted by Crippen LogP contribution is -1.98. The fourth-order valence-corrected chi connectivity index (χ4v) is 2.84. The Hall–Kier alpha value is -3.59. The molecule has 6 heteroatoms. The van der Waals surface area contributed by atoms with Gasteiger partial charge in [-0.15, -0.1) is 0 Å². The van der Waals surface area contributed by atoms with E-state index >= 15 is 0 Å². The highest BCUT2D eigenvalue weighted by Crippen LogP contribution is 2.28. The summed E-state index contributed by atoms with van der Waals surface area (Å²) in [4.78, 5) is 4.05. The topological polar surface area (TPSA) is 96.3 Å². The number of nitrogens with two attached hydrogens (primary N) is 1. The minimum atomic E-state index is 0.222. The van der Waals surface area contributed by atoms with Gasteiger partial charge in [-0.2, -0.15) is 10.4 Å². The van der Waals surface area contributed by atoms with Gasteiger partial charge < -0.3 is 10.3 Å². The zero-order valence-corrected chi connectivity index (χ0v) is 12.8. The molecule has 0 amide bonds. The van der Waals surface area contributed by atoms with Crippen LogP contribution >= 0.6 is 0 Å². The van der Waals surface area contributed by atoms with Crippen LogP contribution in [0.5, 0.6) is 0 Å². The van der Waals surface area contributed by atoms with Crippen LogP contribution in [0, 0.1) is 11.3 Å². The Morgan fingerprint density at radius 1 is 1.17 bits per heavy atom. The number of aromatic amines is 1. The third-order valence-electron chi connectivity index (χ3n) is 4.07. The second-order valence-electron chi connectivity index (χ2n) is 5.54. The maximum atomic E-state index is 9.27. The summed E-state index contributed by atoms with van der Waals surface area (Å²) in [6.07, 6.45) is 5.64. The summed E-state index contributed by atoms with van der Waals surface area (Å²) in [5.41, 5.74) is 9.91. The van der Waals surface area contributed by atoms with Gasteiger partial charge in [-0.25, -0.2) is 0 Å². The van der Waals surface area contributed by atoms with E-state index in [1.165, 1.54) is 5.56 Å². The minimum Gasteiger partial charge on any atom is -0.381 e. The van der Waals surface area contributed by atoms with Crippen molar-refractivity contribution in [2.24, 2.45) is 0 Å². The molecule has 3 aromatic heterocycles. The summed E-state index contributed by atoms with van der Waals surface area (Å²) in [6.45, 7) is 0.756. The molecular weight excluding hydrogens is 300 g/mol. The first-order valence-electron chi connectivity index (χ1n) is 7.48. The molecule has 0 aliphatic carbocycles. The zero-order valence-electron chi connectivity index (χ0n) is 12.8. The van der Waals surface area contributed by atoms with E-state index in [1.54, 1.807) is 12.4 Å². The number of anilines is 1. The van der Waals surface area contributed by atoms with Gasteiger partial charge in [0.2, 0.25) is 0 Å². The Morgan fingerprint density at radius 2 is 2.00 bits per heavy atom. The lowest BCUT2D eigenvalue weighted by atomic mass is 10.1. The number of nitrogen functional groups attached to an aromatic ring is 1. The van der Waals surface area contributed by atoms with Crippen LogP contribution in [-0.2, 0) is 6.54 Å². The molecule has 0 aliphatic rings. The summed E-state index contributed by atoms with van der Waals surface area (Å²) in [6, 6.07) is 14.2. The van der Waals surface area contributed by atoms with Crippen molar-refractivity contribution in [3.8, 4) is 17.3 Å². The predicted octanol–water partition coefficient (Wildman–Crippen LogP) is 2.93. The number of benzene rings is 1. The van der Waals surface area contributed by atoms with Crippen LogP contribution in [0.4, 0.5) is 5.82 Å². The molecular formula is C18H14N6. The molecule has 116 valence electrons. The summed E-state index contributed by atoms with van der Waals surface area (Å²) in [7, 11) is 0. The number of aromatic nitrogens is 4. The van der Waals surface area contributed by atoms with Gasteiger partial charge >= 0.3 is 0 Å². The summed E-state index contributed by atoms with van der Waals surface area (Å²) in [5.74, 6) is 0.222. The molecule has 0 unspecified atom stereocenters. The average molecular weight is 314 g/mol. The van der Waals surface area contributed by atoms with Crippen LogP contribution in [0.1, 0.15) is 11.1 Å². The maximum absolute atomic E-state index is 9.27. The Balaban J connectivity index is 1.80. The summed E-state index contributed by atoms with van der Waals surface area (Å²) >= 11 is 0. The molecule has 4 aromatic rings. The number of hydrogen-bond donors (Lipinski definition) is 2.